The molecule has 1 fully saturated rings. The Balaban J connectivity index is 1.90. The van der Waals surface area contributed by atoms with E-state index in [-0.39, 0.29) is 18.6 Å². The molecule has 2 rings (SSSR count). The summed E-state index contributed by atoms with van der Waals surface area (Å²) in [5.41, 5.74) is 0. The average molecular weight is 195 g/mol. The first-order valence-corrected chi connectivity index (χ1v) is 4.69. The van der Waals surface area contributed by atoms with Crippen LogP contribution in [0.2, 0.25) is 0 Å². The minimum atomic E-state index is -0.350. The SMILES string of the molecule is O=C(Cn1cccn1)N1CC[C@H](O)C1. The summed E-state index contributed by atoms with van der Waals surface area (Å²) >= 11 is 0. The molecule has 0 aromatic carbocycles. The van der Waals surface area contributed by atoms with Crippen LogP contribution in [0.15, 0.2) is 18.5 Å². The summed E-state index contributed by atoms with van der Waals surface area (Å²) in [7, 11) is 0. The fraction of sp³-hybridized carbons (Fsp3) is 0.556. The molecule has 0 unspecified atom stereocenters. The molecule has 1 atom stereocenters. The molecule has 5 heteroatoms. The molecule has 2 heterocycles. The minimum absolute atomic E-state index is 0.0188. The second kappa shape index (κ2) is 3.79. The van der Waals surface area contributed by atoms with Gasteiger partial charge in [0, 0.05) is 25.5 Å². The van der Waals surface area contributed by atoms with Crippen LogP contribution in [0.1, 0.15) is 6.42 Å². The molecule has 1 N–H and O–H groups in total. The van der Waals surface area contributed by atoms with Crippen molar-refractivity contribution in [1.29, 1.82) is 0 Å². The summed E-state index contributed by atoms with van der Waals surface area (Å²) in [4.78, 5) is 13.3. The van der Waals surface area contributed by atoms with Crippen LogP contribution in [-0.2, 0) is 11.3 Å². The van der Waals surface area contributed by atoms with E-state index in [1.165, 1.54) is 0 Å². The zero-order valence-electron chi connectivity index (χ0n) is 7.83. The molecule has 0 bridgehead atoms. The van der Waals surface area contributed by atoms with Gasteiger partial charge in [0.05, 0.1) is 6.10 Å². The van der Waals surface area contributed by atoms with E-state index in [9.17, 15) is 9.90 Å². The zero-order chi connectivity index (χ0) is 9.97. The van der Waals surface area contributed by atoms with Crippen molar-refractivity contribution in [1.82, 2.24) is 14.7 Å². The summed E-state index contributed by atoms with van der Waals surface area (Å²) in [5, 5.41) is 13.2. The molecule has 1 aromatic rings. The standard InChI is InChI=1S/C9H13N3O2/c13-8-2-5-11(6-8)9(14)7-12-4-1-3-10-12/h1,3-4,8,13H,2,5-7H2/t8-/m0/s1. The van der Waals surface area contributed by atoms with Gasteiger partial charge in [-0.05, 0) is 12.5 Å². The Morgan fingerprint density at radius 1 is 1.64 bits per heavy atom. The quantitative estimate of drug-likeness (QED) is 0.690. The first kappa shape index (κ1) is 9.21. The fourth-order valence-electron chi connectivity index (χ4n) is 1.60. The molecule has 5 nitrogen and oxygen atoms in total. The highest BCUT2D eigenvalue weighted by Gasteiger charge is 2.24. The highest BCUT2D eigenvalue weighted by molar-refractivity contribution is 5.76. The van der Waals surface area contributed by atoms with Gasteiger partial charge in [0.2, 0.25) is 5.91 Å². The molecular weight excluding hydrogens is 182 g/mol. The average Bonchev–Trinajstić information content (AvgIpc) is 2.75. The molecule has 0 saturated carbocycles. The van der Waals surface area contributed by atoms with Crippen molar-refractivity contribution in [3.05, 3.63) is 18.5 Å². The van der Waals surface area contributed by atoms with E-state index in [1.807, 2.05) is 0 Å². The van der Waals surface area contributed by atoms with E-state index in [2.05, 4.69) is 5.10 Å². The lowest BCUT2D eigenvalue weighted by atomic mass is 10.3. The molecule has 1 amide bonds. The van der Waals surface area contributed by atoms with Gasteiger partial charge in [0.1, 0.15) is 6.54 Å². The van der Waals surface area contributed by atoms with Crippen LogP contribution in [0.4, 0.5) is 0 Å². The van der Waals surface area contributed by atoms with Gasteiger partial charge in [-0.15, -0.1) is 0 Å². The number of hydrogen-bond donors (Lipinski definition) is 1. The van der Waals surface area contributed by atoms with Gasteiger partial charge in [0.25, 0.3) is 0 Å². The molecule has 1 aliphatic heterocycles. The van der Waals surface area contributed by atoms with Crippen LogP contribution < -0.4 is 0 Å². The Bertz CT molecular complexity index is 310. The van der Waals surface area contributed by atoms with E-state index in [0.717, 1.165) is 0 Å². The van der Waals surface area contributed by atoms with Crippen molar-refractivity contribution >= 4 is 5.91 Å². The molecule has 14 heavy (non-hydrogen) atoms. The molecule has 1 saturated heterocycles. The van der Waals surface area contributed by atoms with Gasteiger partial charge in [-0.25, -0.2) is 0 Å². The van der Waals surface area contributed by atoms with Crippen molar-refractivity contribution in [3.8, 4) is 0 Å². The topological polar surface area (TPSA) is 58.4 Å². The van der Waals surface area contributed by atoms with E-state index >= 15 is 0 Å². The van der Waals surface area contributed by atoms with Gasteiger partial charge in [-0.3, -0.25) is 9.48 Å². The summed E-state index contributed by atoms with van der Waals surface area (Å²) in [6, 6.07) is 1.78. The number of aliphatic hydroxyl groups is 1. The van der Waals surface area contributed by atoms with Crippen LogP contribution >= 0.6 is 0 Å². The molecule has 0 radical (unpaired) electrons. The first-order chi connectivity index (χ1) is 6.75. The number of amides is 1. The normalized spacial score (nSPS) is 21.5. The number of nitrogens with zero attached hydrogens (tertiary/aromatic N) is 3. The predicted molar refractivity (Wildman–Crippen MR) is 49.4 cm³/mol. The van der Waals surface area contributed by atoms with Gasteiger partial charge in [-0.2, -0.15) is 5.10 Å². The lowest BCUT2D eigenvalue weighted by Gasteiger charge is -2.15. The van der Waals surface area contributed by atoms with E-state index in [0.29, 0.717) is 19.5 Å². The monoisotopic (exact) mass is 195 g/mol. The third-order valence-corrected chi connectivity index (χ3v) is 2.37. The Kier molecular flexibility index (Phi) is 2.49. The van der Waals surface area contributed by atoms with Crippen LogP contribution in [0.5, 0.6) is 0 Å². The molecular formula is C9H13N3O2. The number of aliphatic hydroxyl groups excluding tert-OH is 1. The van der Waals surface area contributed by atoms with E-state index < -0.39 is 0 Å². The lowest BCUT2D eigenvalue weighted by molar-refractivity contribution is -0.131. The predicted octanol–water partition coefficient (Wildman–Crippen LogP) is -0.524. The Morgan fingerprint density at radius 3 is 3.07 bits per heavy atom. The number of aromatic nitrogens is 2. The van der Waals surface area contributed by atoms with Gasteiger partial charge in [0.15, 0.2) is 0 Å². The van der Waals surface area contributed by atoms with Crippen LogP contribution in [0, 0.1) is 0 Å². The van der Waals surface area contributed by atoms with Gasteiger partial charge in [-0.1, -0.05) is 0 Å². The van der Waals surface area contributed by atoms with Crippen molar-refractivity contribution in [2.24, 2.45) is 0 Å². The maximum Gasteiger partial charge on any atom is 0.244 e. The Hall–Kier alpha value is -1.36. The van der Waals surface area contributed by atoms with E-state index in [1.54, 1.807) is 28.0 Å². The Morgan fingerprint density at radius 2 is 2.50 bits per heavy atom. The highest BCUT2D eigenvalue weighted by atomic mass is 16.3. The maximum atomic E-state index is 11.6. The number of carbonyl (C=O) groups is 1. The number of carbonyl (C=O) groups excluding carboxylic acids is 1. The first-order valence-electron chi connectivity index (χ1n) is 4.69. The van der Waals surface area contributed by atoms with Gasteiger partial charge < -0.3 is 10.0 Å². The number of likely N-dealkylation sites (tertiary alicyclic amines) is 1. The summed E-state index contributed by atoms with van der Waals surface area (Å²) in [6.07, 6.45) is 3.73. The molecule has 0 aliphatic carbocycles. The highest BCUT2D eigenvalue weighted by Crippen LogP contribution is 2.09. The second-order valence-electron chi connectivity index (χ2n) is 3.49. The van der Waals surface area contributed by atoms with Crippen molar-refractivity contribution < 1.29 is 9.90 Å². The number of rotatable bonds is 2. The smallest absolute Gasteiger partial charge is 0.244 e. The van der Waals surface area contributed by atoms with E-state index in [4.69, 9.17) is 0 Å². The molecule has 1 aliphatic rings. The van der Waals surface area contributed by atoms with Crippen molar-refractivity contribution in [2.45, 2.75) is 19.1 Å². The van der Waals surface area contributed by atoms with Crippen LogP contribution in [0.25, 0.3) is 0 Å². The van der Waals surface area contributed by atoms with Crippen molar-refractivity contribution in [3.63, 3.8) is 0 Å². The second-order valence-corrected chi connectivity index (χ2v) is 3.49. The zero-order valence-corrected chi connectivity index (χ0v) is 7.83. The molecule has 76 valence electrons. The maximum absolute atomic E-state index is 11.6. The number of β-amino-alcohol motifs (C(OH)–C–C–N with tert-alkyl or cyclic N) is 1. The third kappa shape index (κ3) is 1.93. The molecule has 0 spiro atoms. The number of hydrogen-bond acceptors (Lipinski definition) is 3. The summed E-state index contributed by atoms with van der Waals surface area (Å²) in [5.74, 6) is 0.0188. The van der Waals surface area contributed by atoms with Gasteiger partial charge >= 0.3 is 0 Å². The van der Waals surface area contributed by atoms with Crippen molar-refractivity contribution in [2.75, 3.05) is 13.1 Å². The Labute approximate surface area is 81.9 Å². The summed E-state index contributed by atoms with van der Waals surface area (Å²) in [6.45, 7) is 1.38. The third-order valence-electron chi connectivity index (χ3n) is 2.37. The molecule has 1 aromatic heterocycles. The lowest BCUT2D eigenvalue weighted by Crippen LogP contribution is -2.32. The largest absolute Gasteiger partial charge is 0.391 e. The fourth-order valence-corrected chi connectivity index (χ4v) is 1.60. The van der Waals surface area contributed by atoms with Crippen LogP contribution in [0.3, 0.4) is 0 Å². The minimum Gasteiger partial charge on any atom is -0.391 e. The van der Waals surface area contributed by atoms with Crippen LogP contribution in [-0.4, -0.2) is 44.9 Å². The summed E-state index contributed by atoms with van der Waals surface area (Å²) < 4.78 is 1.59.